The van der Waals surface area contributed by atoms with Crippen LogP contribution in [0.25, 0.3) is 10.8 Å². The number of benzene rings is 2. The molecule has 84 valence electrons. The zero-order valence-corrected chi connectivity index (χ0v) is 9.81. The third kappa shape index (κ3) is 2.60. The molecule has 0 aliphatic rings. The van der Waals surface area contributed by atoms with Crippen molar-refractivity contribution in [1.82, 2.24) is 4.90 Å². The number of nitrogens with zero attached hydrogens (tertiary/aromatic N) is 1. The molecule has 0 saturated carbocycles. The molecular formula is C14H17NO. The first-order chi connectivity index (χ1) is 7.79. The summed E-state index contributed by atoms with van der Waals surface area (Å²) in [6, 6.07) is 15.0. The minimum atomic E-state index is 0.660. The van der Waals surface area contributed by atoms with Crippen LogP contribution in [0.5, 0.6) is 0 Å². The summed E-state index contributed by atoms with van der Waals surface area (Å²) >= 11 is 0. The molecule has 0 aliphatic heterocycles. The van der Waals surface area contributed by atoms with Crippen LogP contribution in [-0.2, 0) is 11.3 Å². The number of ether oxygens (including phenoxy) is 1. The first kappa shape index (κ1) is 11.1. The molecule has 0 atom stereocenters. The molecule has 16 heavy (non-hydrogen) atoms. The van der Waals surface area contributed by atoms with Gasteiger partial charge >= 0.3 is 0 Å². The Hall–Kier alpha value is -1.38. The molecule has 0 aliphatic carbocycles. The van der Waals surface area contributed by atoms with Gasteiger partial charge in [0, 0.05) is 13.7 Å². The van der Waals surface area contributed by atoms with Crippen molar-refractivity contribution >= 4 is 10.8 Å². The Morgan fingerprint density at radius 3 is 2.56 bits per heavy atom. The van der Waals surface area contributed by atoms with Gasteiger partial charge in [0.05, 0.1) is 6.73 Å². The summed E-state index contributed by atoms with van der Waals surface area (Å²) in [6.07, 6.45) is 0. The molecule has 0 amide bonds. The van der Waals surface area contributed by atoms with Crippen molar-refractivity contribution in [1.29, 1.82) is 0 Å². The lowest BCUT2D eigenvalue weighted by Gasteiger charge is -2.15. The SMILES string of the molecule is COCN(C)Cc1ccc2ccccc2c1. The summed E-state index contributed by atoms with van der Waals surface area (Å²) in [5.74, 6) is 0. The van der Waals surface area contributed by atoms with Crippen LogP contribution in [0.2, 0.25) is 0 Å². The highest BCUT2D eigenvalue weighted by atomic mass is 16.5. The summed E-state index contributed by atoms with van der Waals surface area (Å²) < 4.78 is 5.09. The van der Waals surface area contributed by atoms with Crippen LogP contribution >= 0.6 is 0 Å². The second-order valence-electron chi connectivity index (χ2n) is 4.11. The van der Waals surface area contributed by atoms with E-state index in [-0.39, 0.29) is 0 Å². The van der Waals surface area contributed by atoms with Crippen LogP contribution < -0.4 is 0 Å². The van der Waals surface area contributed by atoms with E-state index in [2.05, 4.69) is 54.4 Å². The van der Waals surface area contributed by atoms with Gasteiger partial charge in [-0.3, -0.25) is 4.90 Å². The van der Waals surface area contributed by atoms with Crippen LogP contribution in [0.4, 0.5) is 0 Å². The van der Waals surface area contributed by atoms with Crippen LogP contribution in [0.1, 0.15) is 5.56 Å². The maximum Gasteiger partial charge on any atom is 0.0986 e. The van der Waals surface area contributed by atoms with Crippen LogP contribution in [0, 0.1) is 0 Å². The Bertz CT molecular complexity index is 467. The van der Waals surface area contributed by atoms with E-state index in [0.29, 0.717) is 6.73 Å². The molecule has 2 aromatic carbocycles. The Balaban J connectivity index is 2.19. The molecule has 2 rings (SSSR count). The second-order valence-corrected chi connectivity index (χ2v) is 4.11. The van der Waals surface area contributed by atoms with Gasteiger partial charge in [0.2, 0.25) is 0 Å². The first-order valence-electron chi connectivity index (χ1n) is 5.45. The quantitative estimate of drug-likeness (QED) is 0.727. The molecule has 2 heteroatoms. The van der Waals surface area contributed by atoms with Crippen LogP contribution in [-0.4, -0.2) is 25.8 Å². The Morgan fingerprint density at radius 1 is 1.06 bits per heavy atom. The number of methoxy groups -OCH3 is 1. The van der Waals surface area contributed by atoms with Crippen molar-refractivity contribution in [3.8, 4) is 0 Å². The predicted molar refractivity (Wildman–Crippen MR) is 67.3 cm³/mol. The van der Waals surface area contributed by atoms with Gasteiger partial charge in [-0.1, -0.05) is 36.4 Å². The molecule has 0 saturated heterocycles. The van der Waals surface area contributed by atoms with Gasteiger partial charge in [0.25, 0.3) is 0 Å². The average Bonchev–Trinajstić information content (AvgIpc) is 2.29. The van der Waals surface area contributed by atoms with E-state index in [1.807, 2.05) is 0 Å². The van der Waals surface area contributed by atoms with Crippen molar-refractivity contribution in [3.63, 3.8) is 0 Å². The molecule has 0 bridgehead atoms. The topological polar surface area (TPSA) is 12.5 Å². The van der Waals surface area contributed by atoms with Crippen molar-refractivity contribution in [2.45, 2.75) is 6.54 Å². The van der Waals surface area contributed by atoms with Crippen molar-refractivity contribution in [2.75, 3.05) is 20.9 Å². The highest BCUT2D eigenvalue weighted by Gasteiger charge is 2.00. The third-order valence-electron chi connectivity index (χ3n) is 2.62. The van der Waals surface area contributed by atoms with Crippen LogP contribution in [0.3, 0.4) is 0 Å². The molecule has 0 spiro atoms. The van der Waals surface area contributed by atoms with Gasteiger partial charge in [-0.05, 0) is 29.4 Å². The van der Waals surface area contributed by atoms with Gasteiger partial charge in [-0.25, -0.2) is 0 Å². The van der Waals surface area contributed by atoms with Gasteiger partial charge in [-0.15, -0.1) is 0 Å². The summed E-state index contributed by atoms with van der Waals surface area (Å²) in [6.45, 7) is 1.57. The monoisotopic (exact) mass is 215 g/mol. The number of rotatable bonds is 4. The first-order valence-corrected chi connectivity index (χ1v) is 5.45. The van der Waals surface area contributed by atoms with E-state index in [4.69, 9.17) is 4.74 Å². The molecule has 0 N–H and O–H groups in total. The van der Waals surface area contributed by atoms with Gasteiger partial charge in [0.1, 0.15) is 0 Å². The third-order valence-corrected chi connectivity index (χ3v) is 2.62. The van der Waals surface area contributed by atoms with E-state index < -0.39 is 0 Å². The smallest absolute Gasteiger partial charge is 0.0986 e. The van der Waals surface area contributed by atoms with Gasteiger partial charge in [-0.2, -0.15) is 0 Å². The standard InChI is InChI=1S/C14H17NO/c1-15(11-16-2)10-12-7-8-13-5-3-4-6-14(13)9-12/h3-9H,10-11H2,1-2H3. The molecule has 0 fully saturated rings. The largest absolute Gasteiger partial charge is 0.369 e. The average molecular weight is 215 g/mol. The molecular weight excluding hydrogens is 198 g/mol. The lowest BCUT2D eigenvalue weighted by Crippen LogP contribution is -2.20. The minimum Gasteiger partial charge on any atom is -0.369 e. The van der Waals surface area contributed by atoms with Crippen LogP contribution in [0.15, 0.2) is 42.5 Å². The van der Waals surface area contributed by atoms with Crippen molar-refractivity contribution in [3.05, 3.63) is 48.0 Å². The second kappa shape index (κ2) is 5.10. The lowest BCUT2D eigenvalue weighted by atomic mass is 10.1. The number of hydrogen-bond donors (Lipinski definition) is 0. The molecule has 2 aromatic rings. The summed E-state index contributed by atoms with van der Waals surface area (Å²) in [5.41, 5.74) is 1.32. The Kier molecular flexibility index (Phi) is 3.54. The normalized spacial score (nSPS) is 11.2. The summed E-state index contributed by atoms with van der Waals surface area (Å²) in [7, 11) is 3.77. The molecule has 0 heterocycles. The Labute approximate surface area is 96.4 Å². The van der Waals surface area contributed by atoms with Gasteiger partial charge in [0.15, 0.2) is 0 Å². The molecule has 2 nitrogen and oxygen atoms in total. The summed E-state index contributed by atoms with van der Waals surface area (Å²) in [4.78, 5) is 2.14. The molecule has 0 radical (unpaired) electrons. The number of fused-ring (bicyclic) bond motifs is 1. The zero-order chi connectivity index (χ0) is 11.4. The van der Waals surface area contributed by atoms with E-state index in [9.17, 15) is 0 Å². The highest BCUT2D eigenvalue weighted by molar-refractivity contribution is 5.82. The maximum atomic E-state index is 5.09. The maximum absolute atomic E-state index is 5.09. The van der Waals surface area contributed by atoms with E-state index in [1.165, 1.54) is 16.3 Å². The Morgan fingerprint density at radius 2 is 1.81 bits per heavy atom. The zero-order valence-electron chi connectivity index (χ0n) is 9.81. The van der Waals surface area contributed by atoms with Gasteiger partial charge < -0.3 is 4.74 Å². The van der Waals surface area contributed by atoms with Crippen molar-refractivity contribution in [2.24, 2.45) is 0 Å². The van der Waals surface area contributed by atoms with E-state index >= 15 is 0 Å². The lowest BCUT2D eigenvalue weighted by molar-refractivity contribution is 0.0772. The minimum absolute atomic E-state index is 0.660. The predicted octanol–water partition coefficient (Wildman–Crippen LogP) is 2.88. The van der Waals surface area contributed by atoms with E-state index in [0.717, 1.165) is 6.54 Å². The molecule has 0 aromatic heterocycles. The summed E-state index contributed by atoms with van der Waals surface area (Å²) in [5, 5.41) is 2.59. The van der Waals surface area contributed by atoms with E-state index in [1.54, 1.807) is 7.11 Å². The fourth-order valence-electron chi connectivity index (χ4n) is 1.91. The number of hydrogen-bond acceptors (Lipinski definition) is 2. The molecule has 0 unspecified atom stereocenters. The van der Waals surface area contributed by atoms with Crippen molar-refractivity contribution < 1.29 is 4.74 Å². The fraction of sp³-hybridized carbons (Fsp3) is 0.286. The highest BCUT2D eigenvalue weighted by Crippen LogP contribution is 2.16. The fourth-order valence-corrected chi connectivity index (χ4v) is 1.91.